The molecule has 0 radical (unpaired) electrons. The standard InChI is InChI=1S/C18H23NO3/c20-14-2-1-12-9-19-4-3-11-7-17-18(22-10-21-17)8-15(11)16(19)6-13(12)5-14/h7-8,12-14,16,20H,1-6,9-10H2/t12-,13-,14+,16-/m0/s1. The highest BCUT2D eigenvalue weighted by Crippen LogP contribution is 2.48. The molecule has 1 saturated carbocycles. The van der Waals surface area contributed by atoms with Crippen LogP contribution in [0.1, 0.15) is 42.9 Å². The minimum absolute atomic E-state index is 0.0763. The fraction of sp³-hybridized carbons (Fsp3) is 0.667. The van der Waals surface area contributed by atoms with Gasteiger partial charge in [-0.05, 0) is 67.2 Å². The molecule has 0 amide bonds. The number of aliphatic hydroxyl groups is 1. The van der Waals surface area contributed by atoms with Gasteiger partial charge in [0.15, 0.2) is 11.5 Å². The van der Waals surface area contributed by atoms with Crippen molar-refractivity contribution in [3.05, 3.63) is 23.3 Å². The Balaban J connectivity index is 1.48. The predicted molar refractivity (Wildman–Crippen MR) is 82.0 cm³/mol. The van der Waals surface area contributed by atoms with Crippen molar-refractivity contribution in [2.75, 3.05) is 19.9 Å². The Bertz CT molecular complexity index is 602. The minimum Gasteiger partial charge on any atom is -0.454 e. The number of ether oxygens (including phenoxy) is 2. The Morgan fingerprint density at radius 2 is 1.91 bits per heavy atom. The molecule has 1 saturated heterocycles. The zero-order valence-corrected chi connectivity index (χ0v) is 12.8. The van der Waals surface area contributed by atoms with E-state index in [1.54, 1.807) is 0 Å². The monoisotopic (exact) mass is 301 g/mol. The zero-order chi connectivity index (χ0) is 14.7. The first-order valence-electron chi connectivity index (χ1n) is 8.62. The van der Waals surface area contributed by atoms with E-state index in [1.807, 2.05) is 0 Å². The van der Waals surface area contributed by atoms with Gasteiger partial charge in [0.25, 0.3) is 0 Å². The van der Waals surface area contributed by atoms with Gasteiger partial charge in [-0.3, -0.25) is 4.90 Å². The number of rotatable bonds is 0. The van der Waals surface area contributed by atoms with E-state index in [0.29, 0.717) is 18.8 Å². The molecule has 3 heterocycles. The van der Waals surface area contributed by atoms with Crippen LogP contribution in [0.2, 0.25) is 0 Å². The number of aliphatic hydroxyl groups excluding tert-OH is 1. The lowest BCUT2D eigenvalue weighted by atomic mass is 9.69. The molecule has 22 heavy (non-hydrogen) atoms. The van der Waals surface area contributed by atoms with Gasteiger partial charge in [-0.2, -0.15) is 0 Å². The van der Waals surface area contributed by atoms with Gasteiger partial charge in [0.05, 0.1) is 6.10 Å². The van der Waals surface area contributed by atoms with Crippen molar-refractivity contribution in [1.29, 1.82) is 0 Å². The van der Waals surface area contributed by atoms with Crippen LogP contribution in [0, 0.1) is 11.8 Å². The maximum Gasteiger partial charge on any atom is 0.231 e. The highest BCUT2D eigenvalue weighted by Gasteiger charge is 2.41. The molecular weight excluding hydrogens is 278 g/mol. The first kappa shape index (κ1) is 13.2. The SMILES string of the molecule is O[C@@H]1CC[C@H]2CN3CCc4cc5c(cc4[C@@H]3C[C@@H]2C1)OCO5. The van der Waals surface area contributed by atoms with E-state index in [2.05, 4.69) is 17.0 Å². The van der Waals surface area contributed by atoms with Gasteiger partial charge in [0.1, 0.15) is 0 Å². The highest BCUT2D eigenvalue weighted by molar-refractivity contribution is 5.50. The number of piperidine rings is 1. The third-order valence-electron chi connectivity index (χ3n) is 6.21. The summed E-state index contributed by atoms with van der Waals surface area (Å²) in [6, 6.07) is 4.91. The summed E-state index contributed by atoms with van der Waals surface area (Å²) < 4.78 is 11.1. The summed E-state index contributed by atoms with van der Waals surface area (Å²) in [4.78, 5) is 2.67. The van der Waals surface area contributed by atoms with E-state index < -0.39 is 0 Å². The van der Waals surface area contributed by atoms with Crippen LogP contribution in [0.5, 0.6) is 11.5 Å². The molecule has 4 atom stereocenters. The van der Waals surface area contributed by atoms with Crippen molar-refractivity contribution >= 4 is 0 Å². The lowest BCUT2D eigenvalue weighted by Crippen LogP contribution is -2.48. The Kier molecular flexibility index (Phi) is 2.92. The van der Waals surface area contributed by atoms with E-state index in [9.17, 15) is 5.11 Å². The summed E-state index contributed by atoms with van der Waals surface area (Å²) in [5.41, 5.74) is 2.87. The molecule has 1 N–H and O–H groups in total. The third kappa shape index (κ3) is 1.97. The van der Waals surface area contributed by atoms with E-state index in [-0.39, 0.29) is 6.10 Å². The molecular formula is C18H23NO3. The molecule has 1 aromatic rings. The molecule has 2 fully saturated rings. The van der Waals surface area contributed by atoms with Gasteiger partial charge in [-0.1, -0.05) is 0 Å². The highest BCUT2D eigenvalue weighted by atomic mass is 16.7. The van der Waals surface area contributed by atoms with Crippen LogP contribution < -0.4 is 9.47 Å². The maximum atomic E-state index is 10.0. The average molecular weight is 301 g/mol. The van der Waals surface area contributed by atoms with Gasteiger partial charge < -0.3 is 14.6 Å². The fourth-order valence-electron chi connectivity index (χ4n) is 5.06. The molecule has 4 heteroatoms. The van der Waals surface area contributed by atoms with Gasteiger partial charge in [0, 0.05) is 19.1 Å². The van der Waals surface area contributed by atoms with Crippen LogP contribution in [0.25, 0.3) is 0 Å². The van der Waals surface area contributed by atoms with Gasteiger partial charge in [0.2, 0.25) is 6.79 Å². The topological polar surface area (TPSA) is 41.9 Å². The summed E-state index contributed by atoms with van der Waals surface area (Å²) in [7, 11) is 0. The van der Waals surface area contributed by atoms with Crippen LogP contribution in [0.3, 0.4) is 0 Å². The summed E-state index contributed by atoms with van der Waals surface area (Å²) in [5, 5.41) is 10.0. The minimum atomic E-state index is -0.0763. The van der Waals surface area contributed by atoms with Crippen molar-refractivity contribution in [3.8, 4) is 11.5 Å². The molecule has 1 aromatic carbocycles. The Morgan fingerprint density at radius 3 is 2.82 bits per heavy atom. The lowest BCUT2D eigenvalue weighted by molar-refractivity contribution is -0.00983. The van der Waals surface area contributed by atoms with Crippen LogP contribution in [0.4, 0.5) is 0 Å². The Hall–Kier alpha value is -1.26. The van der Waals surface area contributed by atoms with Crippen molar-refractivity contribution in [2.45, 2.75) is 44.2 Å². The average Bonchev–Trinajstić information content (AvgIpc) is 2.98. The second-order valence-corrected chi connectivity index (χ2v) is 7.39. The molecule has 0 aromatic heterocycles. The molecule has 3 aliphatic heterocycles. The Labute approximate surface area is 131 Å². The smallest absolute Gasteiger partial charge is 0.231 e. The second kappa shape index (κ2) is 4.87. The van der Waals surface area contributed by atoms with E-state index in [0.717, 1.165) is 43.2 Å². The van der Waals surface area contributed by atoms with Gasteiger partial charge in [-0.25, -0.2) is 0 Å². The van der Waals surface area contributed by atoms with Crippen LogP contribution in [0.15, 0.2) is 12.1 Å². The number of fused-ring (bicyclic) bond motifs is 5. The fourth-order valence-corrected chi connectivity index (χ4v) is 5.06. The van der Waals surface area contributed by atoms with Crippen LogP contribution >= 0.6 is 0 Å². The normalized spacial score (nSPS) is 36.4. The second-order valence-electron chi connectivity index (χ2n) is 7.39. The van der Waals surface area contributed by atoms with E-state index >= 15 is 0 Å². The van der Waals surface area contributed by atoms with E-state index in [1.165, 1.54) is 30.5 Å². The first-order chi connectivity index (χ1) is 10.8. The van der Waals surface area contributed by atoms with Crippen molar-refractivity contribution in [3.63, 3.8) is 0 Å². The van der Waals surface area contributed by atoms with Crippen LogP contribution in [-0.2, 0) is 6.42 Å². The maximum absolute atomic E-state index is 10.0. The summed E-state index contributed by atoms with van der Waals surface area (Å²) in [6.07, 6.45) is 5.41. The van der Waals surface area contributed by atoms with Crippen LogP contribution in [-0.4, -0.2) is 36.0 Å². The predicted octanol–water partition coefficient (Wildman–Crippen LogP) is 2.50. The molecule has 4 aliphatic rings. The van der Waals surface area contributed by atoms with E-state index in [4.69, 9.17) is 9.47 Å². The number of nitrogens with zero attached hydrogens (tertiary/aromatic N) is 1. The molecule has 4 nitrogen and oxygen atoms in total. The lowest BCUT2D eigenvalue weighted by Gasteiger charge is -2.49. The summed E-state index contributed by atoms with van der Waals surface area (Å²) in [5.74, 6) is 3.29. The zero-order valence-electron chi connectivity index (χ0n) is 12.8. The number of benzene rings is 1. The van der Waals surface area contributed by atoms with Gasteiger partial charge in [-0.15, -0.1) is 0 Å². The molecule has 0 bridgehead atoms. The van der Waals surface area contributed by atoms with Crippen molar-refractivity contribution in [2.24, 2.45) is 11.8 Å². The molecule has 1 aliphatic carbocycles. The molecule has 0 unspecified atom stereocenters. The number of hydrogen-bond acceptors (Lipinski definition) is 4. The van der Waals surface area contributed by atoms with Gasteiger partial charge >= 0.3 is 0 Å². The molecule has 5 rings (SSSR count). The summed E-state index contributed by atoms with van der Waals surface area (Å²) >= 11 is 0. The third-order valence-corrected chi connectivity index (χ3v) is 6.21. The molecule has 118 valence electrons. The quantitative estimate of drug-likeness (QED) is 0.799. The van der Waals surface area contributed by atoms with Crippen molar-refractivity contribution in [1.82, 2.24) is 4.90 Å². The summed E-state index contributed by atoms with van der Waals surface area (Å²) in [6.45, 7) is 2.71. The largest absolute Gasteiger partial charge is 0.454 e. The Morgan fingerprint density at radius 1 is 1.05 bits per heavy atom. The van der Waals surface area contributed by atoms with Crippen molar-refractivity contribution < 1.29 is 14.6 Å². The molecule has 0 spiro atoms. The first-order valence-corrected chi connectivity index (χ1v) is 8.62. The number of hydrogen-bond donors (Lipinski definition) is 1.